The summed E-state index contributed by atoms with van der Waals surface area (Å²) >= 11 is -0.0632. The highest BCUT2D eigenvalue weighted by Crippen LogP contribution is 2.39. The third kappa shape index (κ3) is 5.54. The van der Waals surface area contributed by atoms with Crippen LogP contribution in [0.3, 0.4) is 0 Å². The van der Waals surface area contributed by atoms with Crippen LogP contribution >= 0.6 is 12.3 Å². The fourth-order valence-electron chi connectivity index (χ4n) is 3.01. The third-order valence-corrected chi connectivity index (χ3v) is 5.34. The maximum Gasteiger partial charge on any atom is 0.305 e. The third-order valence-electron chi connectivity index (χ3n) is 4.92. The van der Waals surface area contributed by atoms with Gasteiger partial charge in [-0.15, -0.1) is 3.89 Å². The topological polar surface area (TPSA) is 50.2 Å². The Morgan fingerprint density at radius 2 is 1.96 bits per heavy atom. The second kappa shape index (κ2) is 10.0. The number of nitrogens with one attached hydrogen (secondary N) is 1. The molecule has 1 saturated heterocycles. The van der Waals surface area contributed by atoms with E-state index in [0.29, 0.717) is 5.82 Å². The molecule has 2 aromatic rings. The van der Waals surface area contributed by atoms with Gasteiger partial charge in [0, 0.05) is 19.3 Å². The van der Waals surface area contributed by atoms with Crippen LogP contribution in [0.2, 0.25) is 0 Å². The number of aromatic nitrogens is 2. The summed E-state index contributed by atoms with van der Waals surface area (Å²) in [6.45, 7) is 2.54. The van der Waals surface area contributed by atoms with Gasteiger partial charge in [0.1, 0.15) is 5.82 Å². The first-order valence-electron chi connectivity index (χ1n) is 9.69. The Morgan fingerprint density at radius 3 is 2.50 bits per heavy atom. The monoisotopic (exact) mass is 408 g/mol. The summed E-state index contributed by atoms with van der Waals surface area (Å²) in [6, 6.07) is 6.83. The van der Waals surface area contributed by atoms with E-state index in [-0.39, 0.29) is 23.7 Å². The van der Waals surface area contributed by atoms with Gasteiger partial charge in [0.15, 0.2) is 18.2 Å². The molecule has 1 aromatic heterocycles. The zero-order valence-corrected chi connectivity index (χ0v) is 16.9. The second-order valence-corrected chi connectivity index (χ2v) is 7.66. The van der Waals surface area contributed by atoms with E-state index in [1.807, 2.05) is 24.1 Å². The molecule has 1 N–H and O–H groups in total. The van der Waals surface area contributed by atoms with Gasteiger partial charge in [-0.2, -0.15) is 0 Å². The molecular formula is C20H26F2N4OS. The normalized spacial score (nSPS) is 15.6. The molecule has 0 spiro atoms. The van der Waals surface area contributed by atoms with Crippen molar-refractivity contribution in [2.24, 2.45) is 0 Å². The number of halogens is 2. The number of nitrogens with zero attached hydrogens (tertiary/aromatic N) is 3. The average Bonchev–Trinajstić information content (AvgIpc) is 3.49. The van der Waals surface area contributed by atoms with Crippen molar-refractivity contribution in [1.29, 1.82) is 0 Å². The molecule has 2 heterocycles. The van der Waals surface area contributed by atoms with Crippen molar-refractivity contribution in [1.82, 2.24) is 14.3 Å². The number of hydrogen-bond acceptors (Lipinski definition) is 5. The van der Waals surface area contributed by atoms with E-state index >= 15 is 0 Å². The predicted molar refractivity (Wildman–Crippen MR) is 110 cm³/mol. The highest BCUT2D eigenvalue weighted by molar-refractivity contribution is 7.92. The molecule has 1 saturated carbocycles. The van der Waals surface area contributed by atoms with E-state index < -0.39 is 0 Å². The van der Waals surface area contributed by atoms with E-state index in [0.717, 1.165) is 54.5 Å². The lowest BCUT2D eigenvalue weighted by atomic mass is 10.1. The van der Waals surface area contributed by atoms with Gasteiger partial charge in [-0.3, -0.25) is 4.79 Å². The van der Waals surface area contributed by atoms with E-state index in [2.05, 4.69) is 10.3 Å². The summed E-state index contributed by atoms with van der Waals surface area (Å²) in [6.07, 6.45) is 6.78. The lowest BCUT2D eigenvalue weighted by Crippen LogP contribution is -2.42. The molecular weight excluding hydrogens is 382 g/mol. The van der Waals surface area contributed by atoms with Gasteiger partial charge in [0.25, 0.3) is 0 Å². The Morgan fingerprint density at radius 1 is 1.25 bits per heavy atom. The highest BCUT2D eigenvalue weighted by atomic mass is 32.2. The molecule has 152 valence electrons. The Balaban J connectivity index is 0.000000188. The largest absolute Gasteiger partial charge is 0.352 e. The van der Waals surface area contributed by atoms with Crippen LogP contribution in [0.4, 0.5) is 14.1 Å². The molecule has 1 aliphatic carbocycles. The van der Waals surface area contributed by atoms with Crippen LogP contribution in [0.15, 0.2) is 35.3 Å². The molecule has 8 heteroatoms. The summed E-state index contributed by atoms with van der Waals surface area (Å²) in [5.41, 5.74) is 1.69. The average molecular weight is 409 g/mol. The van der Waals surface area contributed by atoms with Gasteiger partial charge in [-0.05, 0) is 69.3 Å². The molecule has 0 amide bonds. The van der Waals surface area contributed by atoms with Crippen LogP contribution in [0.5, 0.6) is 0 Å². The standard InChI is InChI=1S/C11H17FN4OS.C9H9F/c1-13-5-2-4-9-8-16(18-12)11(17)10(14-9)15-6-3-7-15;10-9-5-3-8(4-6-9)7-1-2-7/h8,13H,2-7H2,1H3;3-7H,1-2H2. The van der Waals surface area contributed by atoms with Gasteiger partial charge in [-0.1, -0.05) is 12.1 Å². The summed E-state index contributed by atoms with van der Waals surface area (Å²) in [5, 5.41) is 3.05. The number of hydrogen-bond donors (Lipinski definition) is 1. The van der Waals surface area contributed by atoms with Crippen molar-refractivity contribution in [3.05, 3.63) is 57.9 Å². The molecule has 4 rings (SSSR count). The first kappa shape index (κ1) is 20.8. The van der Waals surface area contributed by atoms with E-state index in [4.69, 9.17) is 0 Å². The van der Waals surface area contributed by atoms with Crippen molar-refractivity contribution >= 4 is 18.2 Å². The summed E-state index contributed by atoms with van der Waals surface area (Å²) in [5.74, 6) is 0.985. The molecule has 0 atom stereocenters. The number of rotatable bonds is 7. The van der Waals surface area contributed by atoms with Crippen molar-refractivity contribution in [2.75, 3.05) is 31.6 Å². The first-order valence-corrected chi connectivity index (χ1v) is 10.4. The Hall–Kier alpha value is -1.93. The Bertz CT molecular complexity index is 820. The summed E-state index contributed by atoms with van der Waals surface area (Å²) in [7, 11) is 1.89. The molecule has 0 unspecified atom stereocenters. The number of anilines is 1. The van der Waals surface area contributed by atoms with Crippen LogP contribution < -0.4 is 15.8 Å². The van der Waals surface area contributed by atoms with Gasteiger partial charge < -0.3 is 10.2 Å². The van der Waals surface area contributed by atoms with Gasteiger partial charge in [0.2, 0.25) is 0 Å². The van der Waals surface area contributed by atoms with Crippen LogP contribution in [0, 0.1) is 5.82 Å². The minimum absolute atomic E-state index is 0.0632. The van der Waals surface area contributed by atoms with Crippen LogP contribution in [-0.2, 0) is 6.42 Å². The summed E-state index contributed by atoms with van der Waals surface area (Å²) < 4.78 is 26.1. The van der Waals surface area contributed by atoms with Crippen molar-refractivity contribution in [2.45, 2.75) is 38.0 Å². The van der Waals surface area contributed by atoms with Crippen LogP contribution in [0.1, 0.15) is 42.9 Å². The molecule has 2 aliphatic rings. The Labute approximate surface area is 168 Å². The van der Waals surface area contributed by atoms with Crippen LogP contribution in [0.25, 0.3) is 0 Å². The Kier molecular flexibility index (Phi) is 7.44. The summed E-state index contributed by atoms with van der Waals surface area (Å²) in [4.78, 5) is 18.2. The minimum Gasteiger partial charge on any atom is -0.352 e. The quantitative estimate of drug-likeness (QED) is 0.708. The zero-order chi connectivity index (χ0) is 19.9. The van der Waals surface area contributed by atoms with Crippen molar-refractivity contribution in [3.63, 3.8) is 0 Å². The van der Waals surface area contributed by atoms with Gasteiger partial charge in [0.05, 0.1) is 5.69 Å². The molecule has 1 aromatic carbocycles. The van der Waals surface area contributed by atoms with Crippen molar-refractivity contribution in [3.8, 4) is 0 Å². The molecule has 28 heavy (non-hydrogen) atoms. The second-order valence-electron chi connectivity index (χ2n) is 7.13. The molecule has 1 aliphatic heterocycles. The SMILES string of the molecule is CNCCCc1cn(SF)c(=O)c(N2CCC2)n1.Fc1ccc(C2CC2)cc1. The predicted octanol–water partition coefficient (Wildman–Crippen LogP) is 3.69. The van der Waals surface area contributed by atoms with Crippen molar-refractivity contribution < 1.29 is 8.28 Å². The maximum absolute atomic E-state index is 12.7. The van der Waals surface area contributed by atoms with Crippen LogP contribution in [-0.4, -0.2) is 35.6 Å². The molecule has 5 nitrogen and oxygen atoms in total. The number of aryl methyl sites for hydroxylation is 1. The lowest BCUT2D eigenvalue weighted by molar-refractivity contribution is 0.601. The van der Waals surface area contributed by atoms with E-state index in [1.165, 1.54) is 36.7 Å². The van der Waals surface area contributed by atoms with E-state index in [1.54, 1.807) is 0 Å². The fourth-order valence-corrected chi connectivity index (χ4v) is 3.31. The lowest BCUT2D eigenvalue weighted by Gasteiger charge is -2.31. The van der Waals surface area contributed by atoms with Gasteiger partial charge >= 0.3 is 5.56 Å². The fraction of sp³-hybridized carbons (Fsp3) is 0.500. The molecule has 0 radical (unpaired) electrons. The van der Waals surface area contributed by atoms with E-state index in [9.17, 15) is 13.1 Å². The van der Waals surface area contributed by atoms with Gasteiger partial charge in [-0.25, -0.2) is 13.3 Å². The smallest absolute Gasteiger partial charge is 0.305 e. The first-order chi connectivity index (χ1) is 13.6. The number of benzene rings is 1. The minimum atomic E-state index is -0.362. The molecule has 0 bridgehead atoms. The maximum atomic E-state index is 12.7. The zero-order valence-electron chi connectivity index (χ0n) is 16.0. The highest BCUT2D eigenvalue weighted by Gasteiger charge is 2.23. The molecule has 2 fully saturated rings.